The number of amides is 2. The van der Waals surface area contributed by atoms with Crippen molar-refractivity contribution < 1.29 is 19.1 Å². The van der Waals surface area contributed by atoms with Crippen molar-refractivity contribution >= 4 is 11.8 Å². The predicted octanol–water partition coefficient (Wildman–Crippen LogP) is 3.49. The molecular weight excluding hydrogens is 420 g/mol. The summed E-state index contributed by atoms with van der Waals surface area (Å²) in [5.41, 5.74) is 1.84. The summed E-state index contributed by atoms with van der Waals surface area (Å²) in [5.74, 6) is 1.40. The van der Waals surface area contributed by atoms with Gasteiger partial charge in [-0.15, -0.1) is 0 Å². The topological polar surface area (TPSA) is 87.8 Å². The molecule has 8 nitrogen and oxygen atoms in total. The molecule has 4 atom stereocenters. The lowest BCUT2D eigenvalue weighted by Gasteiger charge is -2.46. The largest absolute Gasteiger partial charge is 0.497 e. The molecule has 0 spiro atoms. The molecule has 2 aromatic rings. The molecule has 1 aromatic carbocycles. The highest BCUT2D eigenvalue weighted by Crippen LogP contribution is 2.53. The maximum Gasteiger partial charge on any atom is 0.272 e. The monoisotopic (exact) mass is 452 g/mol. The van der Waals surface area contributed by atoms with Crippen LogP contribution in [0.5, 0.6) is 11.5 Å². The van der Waals surface area contributed by atoms with E-state index in [1.807, 2.05) is 17.0 Å². The van der Waals surface area contributed by atoms with Gasteiger partial charge >= 0.3 is 0 Å². The number of rotatable bonds is 4. The van der Waals surface area contributed by atoms with E-state index in [4.69, 9.17) is 9.47 Å². The van der Waals surface area contributed by atoms with Gasteiger partial charge in [-0.3, -0.25) is 14.7 Å². The van der Waals surface area contributed by atoms with E-state index in [0.29, 0.717) is 29.4 Å². The number of ether oxygens (including phenoxy) is 2. The summed E-state index contributed by atoms with van der Waals surface area (Å²) >= 11 is 0. The number of methoxy groups -OCH3 is 2. The van der Waals surface area contributed by atoms with Gasteiger partial charge in [0.2, 0.25) is 5.91 Å². The first-order valence-corrected chi connectivity index (χ1v) is 11.7. The van der Waals surface area contributed by atoms with E-state index in [-0.39, 0.29) is 35.4 Å². The molecule has 0 unspecified atom stereocenters. The van der Waals surface area contributed by atoms with Crippen LogP contribution in [-0.2, 0) is 4.79 Å². The molecule has 1 N–H and O–H groups in total. The first kappa shape index (κ1) is 21.8. The van der Waals surface area contributed by atoms with E-state index in [1.165, 1.54) is 0 Å². The Hall–Kier alpha value is -3.03. The first-order chi connectivity index (χ1) is 15.9. The van der Waals surface area contributed by atoms with Gasteiger partial charge in [0.15, 0.2) is 0 Å². The van der Waals surface area contributed by atoms with Crippen molar-refractivity contribution in [3.63, 3.8) is 0 Å². The summed E-state index contributed by atoms with van der Waals surface area (Å²) in [6, 6.07) is 7.71. The van der Waals surface area contributed by atoms with Crippen LogP contribution in [-0.4, -0.2) is 70.7 Å². The molecule has 1 aliphatic carbocycles. The van der Waals surface area contributed by atoms with E-state index in [1.54, 1.807) is 33.3 Å². The molecule has 8 heteroatoms. The van der Waals surface area contributed by atoms with Crippen molar-refractivity contribution in [3.05, 3.63) is 30.0 Å². The maximum atomic E-state index is 13.8. The van der Waals surface area contributed by atoms with Crippen molar-refractivity contribution in [1.29, 1.82) is 0 Å². The summed E-state index contributed by atoms with van der Waals surface area (Å²) in [4.78, 5) is 30.4. The van der Waals surface area contributed by atoms with E-state index in [9.17, 15) is 9.59 Å². The molecule has 5 rings (SSSR count). The molecule has 2 amide bonds. The van der Waals surface area contributed by atoms with Gasteiger partial charge in [0.25, 0.3) is 5.91 Å². The van der Waals surface area contributed by atoms with Gasteiger partial charge < -0.3 is 19.3 Å². The standard InChI is InChI=1S/C25H32N4O4/c1-15(30)28-14-16-13-25(2)22(28)7-5-6-8-23(25)29(16)24(31)20-12-19(26-27-20)18-10-9-17(32-3)11-21(18)33-4/h9-12,16,22-23H,5-8,13-14H2,1-4H3,(H,26,27)/t16-,22+,23-,25+/m0/s1. The number of H-pyrrole nitrogens is 1. The van der Waals surface area contributed by atoms with Gasteiger partial charge in [-0.2, -0.15) is 5.10 Å². The Balaban J connectivity index is 1.47. The highest BCUT2D eigenvalue weighted by molar-refractivity contribution is 5.94. The minimum Gasteiger partial charge on any atom is -0.497 e. The number of aromatic amines is 1. The third-order valence-electron chi connectivity index (χ3n) is 8.05. The fourth-order valence-electron chi connectivity index (χ4n) is 6.54. The zero-order valence-corrected chi connectivity index (χ0v) is 19.8. The second-order valence-electron chi connectivity index (χ2n) is 9.80. The molecule has 33 heavy (non-hydrogen) atoms. The summed E-state index contributed by atoms with van der Waals surface area (Å²) in [6.45, 7) is 4.55. The molecule has 176 valence electrons. The molecule has 1 aromatic heterocycles. The van der Waals surface area contributed by atoms with Crippen molar-refractivity contribution in [2.75, 3.05) is 20.8 Å². The number of hydrogen-bond acceptors (Lipinski definition) is 5. The number of carbonyl (C=O) groups excluding carboxylic acids is 2. The SMILES string of the molecule is COc1ccc(-c2cc(C(=O)N3[C@@H]4CN(C(C)=O)[C@@H]5CCCC[C@H]3[C@]5(C)C4)[nH]n2)c(OC)c1. The van der Waals surface area contributed by atoms with E-state index in [2.05, 4.69) is 22.0 Å². The lowest BCUT2D eigenvalue weighted by Crippen LogP contribution is -2.55. The van der Waals surface area contributed by atoms with Gasteiger partial charge in [-0.1, -0.05) is 19.8 Å². The lowest BCUT2D eigenvalue weighted by molar-refractivity contribution is -0.136. The Morgan fingerprint density at radius 2 is 1.88 bits per heavy atom. The Kier molecular flexibility index (Phi) is 5.34. The number of benzene rings is 1. The third kappa shape index (κ3) is 3.38. The quantitative estimate of drug-likeness (QED) is 0.767. The predicted molar refractivity (Wildman–Crippen MR) is 123 cm³/mol. The van der Waals surface area contributed by atoms with Crippen LogP contribution >= 0.6 is 0 Å². The van der Waals surface area contributed by atoms with Crippen LogP contribution in [0.2, 0.25) is 0 Å². The fourth-order valence-corrected chi connectivity index (χ4v) is 6.54. The highest BCUT2D eigenvalue weighted by atomic mass is 16.5. The number of aromatic nitrogens is 2. The molecule has 1 saturated carbocycles. The van der Waals surface area contributed by atoms with Crippen molar-refractivity contribution in [3.8, 4) is 22.8 Å². The van der Waals surface area contributed by atoms with Gasteiger partial charge in [0, 0.05) is 42.6 Å². The normalized spacial score (nSPS) is 28.4. The van der Waals surface area contributed by atoms with E-state index in [0.717, 1.165) is 37.7 Å². The average molecular weight is 453 g/mol. The van der Waals surface area contributed by atoms with E-state index < -0.39 is 0 Å². The summed E-state index contributed by atoms with van der Waals surface area (Å²) < 4.78 is 10.8. The maximum absolute atomic E-state index is 13.8. The van der Waals surface area contributed by atoms with Gasteiger partial charge in [0.05, 0.1) is 26.0 Å². The zero-order valence-electron chi connectivity index (χ0n) is 19.8. The summed E-state index contributed by atoms with van der Waals surface area (Å²) in [5, 5.41) is 7.40. The minimum atomic E-state index is -0.0667. The number of hydrogen-bond donors (Lipinski definition) is 1. The summed E-state index contributed by atoms with van der Waals surface area (Å²) in [6.07, 6.45) is 5.13. The Morgan fingerprint density at radius 1 is 1.12 bits per heavy atom. The second kappa shape index (κ2) is 8.08. The highest BCUT2D eigenvalue weighted by Gasteiger charge is 2.60. The van der Waals surface area contributed by atoms with Crippen molar-refractivity contribution in [2.45, 2.75) is 64.1 Å². The zero-order chi connectivity index (χ0) is 23.3. The number of carbonyl (C=O) groups is 2. The Labute approximate surface area is 194 Å². The molecular formula is C25H32N4O4. The Bertz CT molecular complexity index is 1080. The smallest absolute Gasteiger partial charge is 0.272 e. The van der Waals surface area contributed by atoms with E-state index >= 15 is 0 Å². The second-order valence-corrected chi connectivity index (χ2v) is 9.80. The molecule has 2 aliphatic heterocycles. The number of likely N-dealkylation sites (tertiary alicyclic amines) is 2. The van der Waals surface area contributed by atoms with Crippen LogP contribution < -0.4 is 9.47 Å². The number of piperidine rings is 1. The van der Waals surface area contributed by atoms with Gasteiger partial charge in [-0.25, -0.2) is 0 Å². The summed E-state index contributed by atoms with van der Waals surface area (Å²) in [7, 11) is 3.21. The lowest BCUT2D eigenvalue weighted by atomic mass is 9.71. The molecule has 3 aliphatic rings. The van der Waals surface area contributed by atoms with Gasteiger partial charge in [-0.05, 0) is 37.5 Å². The first-order valence-electron chi connectivity index (χ1n) is 11.7. The molecule has 3 fully saturated rings. The number of nitrogens with one attached hydrogen (secondary N) is 1. The number of nitrogens with zero attached hydrogens (tertiary/aromatic N) is 3. The van der Waals surface area contributed by atoms with Crippen LogP contribution in [0.4, 0.5) is 0 Å². The van der Waals surface area contributed by atoms with Crippen molar-refractivity contribution in [1.82, 2.24) is 20.0 Å². The third-order valence-corrected chi connectivity index (χ3v) is 8.05. The molecule has 2 saturated heterocycles. The fraction of sp³-hybridized carbons (Fsp3) is 0.560. The molecule has 3 heterocycles. The van der Waals surface area contributed by atoms with Gasteiger partial charge in [0.1, 0.15) is 17.2 Å². The van der Waals surface area contributed by atoms with Crippen LogP contribution in [0.25, 0.3) is 11.3 Å². The van der Waals surface area contributed by atoms with Crippen LogP contribution in [0.15, 0.2) is 24.3 Å². The Morgan fingerprint density at radius 3 is 2.58 bits per heavy atom. The molecule has 2 bridgehead atoms. The average Bonchev–Trinajstić information content (AvgIpc) is 3.34. The van der Waals surface area contributed by atoms with Crippen LogP contribution in [0.3, 0.4) is 0 Å². The van der Waals surface area contributed by atoms with Crippen LogP contribution in [0, 0.1) is 5.41 Å². The van der Waals surface area contributed by atoms with Crippen LogP contribution in [0.1, 0.15) is 56.4 Å². The molecule has 0 radical (unpaired) electrons. The minimum absolute atomic E-state index is 0.0352. The number of fused-ring (bicyclic) bond motifs is 1. The van der Waals surface area contributed by atoms with Crippen molar-refractivity contribution in [2.24, 2.45) is 5.41 Å².